The number of rotatable bonds is 3. The van der Waals surface area contributed by atoms with E-state index in [0.717, 1.165) is 6.54 Å². The van der Waals surface area contributed by atoms with Gasteiger partial charge in [0.2, 0.25) is 0 Å². The maximum Gasteiger partial charge on any atom is 0.138 e. The Kier molecular flexibility index (Phi) is 2.44. The van der Waals surface area contributed by atoms with Crippen LogP contribution in [0.15, 0.2) is 36.9 Å². The Balaban J connectivity index is 1.95. The maximum atomic E-state index is 3.70. The molecule has 4 heteroatoms. The van der Waals surface area contributed by atoms with Crippen molar-refractivity contribution in [3.63, 3.8) is 0 Å². The summed E-state index contributed by atoms with van der Waals surface area (Å²) in [6.07, 6.45) is 3.27. The molecular weight excluding hydrogens is 176 g/mol. The Morgan fingerprint density at radius 3 is 2.43 bits per heavy atom. The van der Waals surface area contributed by atoms with Gasteiger partial charge in [-0.1, -0.05) is 29.8 Å². The van der Waals surface area contributed by atoms with E-state index in [1.165, 1.54) is 11.1 Å². The lowest BCUT2D eigenvalue weighted by Crippen LogP contribution is -2.11. The first kappa shape index (κ1) is 8.74. The molecule has 0 aliphatic rings. The smallest absolute Gasteiger partial charge is 0.138 e. The lowest BCUT2D eigenvalue weighted by Gasteiger charge is -2.05. The van der Waals surface area contributed by atoms with E-state index < -0.39 is 0 Å². The van der Waals surface area contributed by atoms with Gasteiger partial charge in [-0.05, 0) is 12.5 Å². The van der Waals surface area contributed by atoms with E-state index in [2.05, 4.69) is 46.8 Å². The van der Waals surface area contributed by atoms with Crippen LogP contribution >= 0.6 is 0 Å². The molecule has 72 valence electrons. The molecule has 0 aliphatic carbocycles. The summed E-state index contributed by atoms with van der Waals surface area (Å²) < 4.78 is 1.74. The van der Waals surface area contributed by atoms with Gasteiger partial charge >= 0.3 is 0 Å². The molecule has 0 fully saturated rings. The van der Waals surface area contributed by atoms with E-state index in [-0.39, 0.29) is 0 Å². The minimum absolute atomic E-state index is 0.776. The quantitative estimate of drug-likeness (QED) is 0.790. The monoisotopic (exact) mass is 188 g/mol. The molecule has 14 heavy (non-hydrogen) atoms. The van der Waals surface area contributed by atoms with Crippen LogP contribution < -0.4 is 5.43 Å². The molecule has 0 aliphatic heterocycles. The van der Waals surface area contributed by atoms with Crippen LogP contribution in [-0.2, 0) is 6.54 Å². The predicted octanol–water partition coefficient (Wildman–Crippen LogP) is 1.33. The number of hydrogen-bond acceptors (Lipinski definition) is 3. The van der Waals surface area contributed by atoms with Gasteiger partial charge in [-0.2, -0.15) is 0 Å². The first-order valence-electron chi connectivity index (χ1n) is 4.48. The third-order valence-corrected chi connectivity index (χ3v) is 2.01. The fraction of sp³-hybridized carbons (Fsp3) is 0.200. The van der Waals surface area contributed by atoms with Crippen molar-refractivity contribution in [2.24, 2.45) is 0 Å². The van der Waals surface area contributed by atoms with E-state index in [9.17, 15) is 0 Å². The molecule has 0 atom stereocenters. The highest BCUT2D eigenvalue weighted by molar-refractivity contribution is 5.21. The van der Waals surface area contributed by atoms with Gasteiger partial charge in [-0.25, -0.2) is 4.68 Å². The highest BCUT2D eigenvalue weighted by atomic mass is 15.5. The Hall–Kier alpha value is -1.84. The highest BCUT2D eigenvalue weighted by Crippen LogP contribution is 2.02. The molecule has 0 radical (unpaired) electrons. The normalized spacial score (nSPS) is 10.1. The lowest BCUT2D eigenvalue weighted by molar-refractivity contribution is 0.836. The summed E-state index contributed by atoms with van der Waals surface area (Å²) in [5.41, 5.74) is 5.67. The van der Waals surface area contributed by atoms with Gasteiger partial charge in [0.25, 0.3) is 0 Å². The second kappa shape index (κ2) is 3.91. The van der Waals surface area contributed by atoms with Crippen LogP contribution in [0.3, 0.4) is 0 Å². The maximum absolute atomic E-state index is 3.70. The third kappa shape index (κ3) is 2.10. The summed E-state index contributed by atoms with van der Waals surface area (Å²) >= 11 is 0. The highest BCUT2D eigenvalue weighted by Gasteiger charge is 1.92. The molecule has 0 amide bonds. The molecule has 2 aromatic rings. The van der Waals surface area contributed by atoms with Crippen LogP contribution in [0.25, 0.3) is 0 Å². The molecule has 0 saturated heterocycles. The second-order valence-corrected chi connectivity index (χ2v) is 3.19. The number of nitrogens with one attached hydrogen (secondary N) is 1. The number of nitrogens with zero attached hydrogens (tertiary/aromatic N) is 3. The van der Waals surface area contributed by atoms with Gasteiger partial charge in [0.15, 0.2) is 0 Å². The fourth-order valence-corrected chi connectivity index (χ4v) is 1.17. The van der Waals surface area contributed by atoms with Crippen LogP contribution in [0.2, 0.25) is 0 Å². The number of aryl methyl sites for hydroxylation is 1. The third-order valence-electron chi connectivity index (χ3n) is 2.01. The summed E-state index contributed by atoms with van der Waals surface area (Å²) in [6.45, 7) is 2.86. The zero-order valence-electron chi connectivity index (χ0n) is 8.01. The van der Waals surface area contributed by atoms with Gasteiger partial charge in [-0.15, -0.1) is 10.2 Å². The molecule has 0 unspecified atom stereocenters. The molecule has 2 rings (SSSR count). The van der Waals surface area contributed by atoms with Gasteiger partial charge in [0.1, 0.15) is 12.7 Å². The number of benzene rings is 1. The lowest BCUT2D eigenvalue weighted by atomic mass is 10.1. The summed E-state index contributed by atoms with van der Waals surface area (Å²) in [5.74, 6) is 0. The van der Waals surface area contributed by atoms with Crippen LogP contribution in [0.4, 0.5) is 0 Å². The standard InChI is InChI=1S/C10H12N4/c1-9-2-4-10(5-3-9)6-13-14-7-11-12-8-14/h2-5,7-8,13H,6H2,1H3. The van der Waals surface area contributed by atoms with Crippen molar-refractivity contribution in [3.8, 4) is 0 Å². The molecule has 1 heterocycles. The number of aromatic nitrogens is 3. The van der Waals surface area contributed by atoms with Gasteiger partial charge in [-0.3, -0.25) is 0 Å². The van der Waals surface area contributed by atoms with Crippen molar-refractivity contribution in [3.05, 3.63) is 48.0 Å². The topological polar surface area (TPSA) is 42.7 Å². The Morgan fingerprint density at radius 2 is 1.79 bits per heavy atom. The van der Waals surface area contributed by atoms with Crippen LogP contribution in [0.5, 0.6) is 0 Å². The van der Waals surface area contributed by atoms with Crippen molar-refractivity contribution < 1.29 is 0 Å². The van der Waals surface area contributed by atoms with Crippen molar-refractivity contribution >= 4 is 0 Å². The average Bonchev–Trinajstić information content (AvgIpc) is 2.70. The summed E-state index contributed by atoms with van der Waals surface area (Å²) in [7, 11) is 0. The van der Waals surface area contributed by atoms with E-state index in [1.54, 1.807) is 17.3 Å². The Morgan fingerprint density at radius 1 is 1.14 bits per heavy atom. The van der Waals surface area contributed by atoms with Crippen LogP contribution in [0.1, 0.15) is 11.1 Å². The molecule has 1 aromatic heterocycles. The fourth-order valence-electron chi connectivity index (χ4n) is 1.17. The van der Waals surface area contributed by atoms with E-state index in [4.69, 9.17) is 0 Å². The SMILES string of the molecule is Cc1ccc(CNn2cnnc2)cc1. The zero-order chi connectivity index (χ0) is 9.80. The Bertz CT molecular complexity index is 377. The largest absolute Gasteiger partial charge is 0.319 e. The van der Waals surface area contributed by atoms with E-state index in [0.29, 0.717) is 0 Å². The van der Waals surface area contributed by atoms with Crippen molar-refractivity contribution in [2.45, 2.75) is 13.5 Å². The summed E-state index contributed by atoms with van der Waals surface area (Å²) in [5, 5.41) is 7.40. The molecule has 1 N–H and O–H groups in total. The minimum Gasteiger partial charge on any atom is -0.319 e. The summed E-state index contributed by atoms with van der Waals surface area (Å²) in [6, 6.07) is 8.41. The molecule has 0 bridgehead atoms. The molecule has 0 spiro atoms. The first-order valence-corrected chi connectivity index (χ1v) is 4.48. The molecule has 0 saturated carbocycles. The molecular formula is C10H12N4. The zero-order valence-corrected chi connectivity index (χ0v) is 8.01. The van der Waals surface area contributed by atoms with Crippen molar-refractivity contribution in [1.82, 2.24) is 14.9 Å². The Labute approximate surface area is 82.6 Å². The molecule has 1 aromatic carbocycles. The van der Waals surface area contributed by atoms with Gasteiger partial charge in [0.05, 0.1) is 6.54 Å². The number of hydrogen-bond donors (Lipinski definition) is 1. The predicted molar refractivity (Wildman–Crippen MR) is 54.3 cm³/mol. The van der Waals surface area contributed by atoms with E-state index in [1.807, 2.05) is 0 Å². The second-order valence-electron chi connectivity index (χ2n) is 3.19. The molecule has 4 nitrogen and oxygen atoms in total. The van der Waals surface area contributed by atoms with E-state index >= 15 is 0 Å². The van der Waals surface area contributed by atoms with Gasteiger partial charge in [0, 0.05) is 0 Å². The van der Waals surface area contributed by atoms with Crippen LogP contribution in [-0.4, -0.2) is 14.9 Å². The van der Waals surface area contributed by atoms with Crippen molar-refractivity contribution in [2.75, 3.05) is 5.43 Å². The first-order chi connectivity index (χ1) is 6.84. The van der Waals surface area contributed by atoms with Crippen LogP contribution in [0, 0.1) is 6.92 Å². The van der Waals surface area contributed by atoms with Crippen molar-refractivity contribution in [1.29, 1.82) is 0 Å². The average molecular weight is 188 g/mol. The minimum atomic E-state index is 0.776. The summed E-state index contributed by atoms with van der Waals surface area (Å²) in [4.78, 5) is 0. The van der Waals surface area contributed by atoms with Gasteiger partial charge < -0.3 is 5.43 Å².